The van der Waals surface area contributed by atoms with Gasteiger partial charge in [0.2, 0.25) is 0 Å². The second-order valence-corrected chi connectivity index (χ2v) is 7.56. The van der Waals surface area contributed by atoms with Crippen LogP contribution in [0.1, 0.15) is 26.3 Å². The maximum absolute atomic E-state index is 12.6. The molecule has 0 N–H and O–H groups in total. The van der Waals surface area contributed by atoms with Gasteiger partial charge >= 0.3 is 6.01 Å². The molecule has 23 heavy (non-hydrogen) atoms. The molecule has 0 radical (unpaired) electrons. The molecule has 9 heteroatoms. The molecule has 2 aromatic rings. The zero-order chi connectivity index (χ0) is 16.4. The molecule has 1 aliphatic rings. The summed E-state index contributed by atoms with van der Waals surface area (Å²) in [5.41, 5.74) is 0. The van der Waals surface area contributed by atoms with Crippen LogP contribution in [0.15, 0.2) is 36.0 Å². The van der Waals surface area contributed by atoms with E-state index < -0.39 is 10.0 Å². The van der Waals surface area contributed by atoms with Crippen molar-refractivity contribution in [1.82, 2.24) is 23.8 Å². The smallest absolute Gasteiger partial charge is 0.316 e. The highest BCUT2D eigenvalue weighted by atomic mass is 32.2. The Morgan fingerprint density at radius 3 is 2.65 bits per heavy atom. The Kier molecular flexibility index (Phi) is 4.31. The fraction of sp³-hybridized carbons (Fsp3) is 0.500. The third-order valence-electron chi connectivity index (χ3n) is 3.70. The fourth-order valence-electron chi connectivity index (χ4n) is 2.37. The van der Waals surface area contributed by atoms with Gasteiger partial charge in [0.15, 0.2) is 5.03 Å². The van der Waals surface area contributed by atoms with Crippen molar-refractivity contribution in [2.45, 2.75) is 37.4 Å². The first-order valence-corrected chi connectivity index (χ1v) is 8.88. The van der Waals surface area contributed by atoms with Crippen LogP contribution in [-0.2, 0) is 10.0 Å². The molecule has 0 spiro atoms. The number of hydrogen-bond donors (Lipinski definition) is 0. The lowest BCUT2D eigenvalue weighted by Gasteiger charge is -2.15. The maximum Gasteiger partial charge on any atom is 0.316 e. The summed E-state index contributed by atoms with van der Waals surface area (Å²) in [6.07, 6.45) is 6.63. The van der Waals surface area contributed by atoms with Crippen LogP contribution in [-0.4, -0.2) is 51.4 Å². The van der Waals surface area contributed by atoms with Gasteiger partial charge in [0.1, 0.15) is 6.10 Å². The van der Waals surface area contributed by atoms with Gasteiger partial charge < -0.3 is 9.30 Å². The van der Waals surface area contributed by atoms with E-state index in [0.29, 0.717) is 13.0 Å². The molecule has 3 heterocycles. The van der Waals surface area contributed by atoms with Crippen molar-refractivity contribution in [1.29, 1.82) is 0 Å². The highest BCUT2D eigenvalue weighted by Crippen LogP contribution is 2.22. The normalized spacial score (nSPS) is 19.3. The van der Waals surface area contributed by atoms with Gasteiger partial charge in [-0.05, 0) is 26.3 Å². The zero-order valence-corrected chi connectivity index (χ0v) is 13.8. The molecule has 1 unspecified atom stereocenters. The van der Waals surface area contributed by atoms with E-state index in [1.165, 1.54) is 4.31 Å². The molecule has 0 saturated carbocycles. The van der Waals surface area contributed by atoms with Crippen LogP contribution in [0.5, 0.6) is 6.01 Å². The van der Waals surface area contributed by atoms with Crippen LogP contribution in [0, 0.1) is 0 Å². The van der Waals surface area contributed by atoms with E-state index in [0.717, 1.165) is 0 Å². The van der Waals surface area contributed by atoms with Gasteiger partial charge in [0, 0.05) is 31.2 Å². The number of rotatable bonds is 5. The van der Waals surface area contributed by atoms with Crippen LogP contribution in [0.2, 0.25) is 0 Å². The number of ether oxygens (including phenoxy) is 1. The first kappa shape index (κ1) is 15.9. The Balaban J connectivity index is 1.69. The van der Waals surface area contributed by atoms with E-state index in [-0.39, 0.29) is 29.7 Å². The summed E-state index contributed by atoms with van der Waals surface area (Å²) in [6.45, 7) is 4.61. The maximum atomic E-state index is 12.6. The average molecular weight is 337 g/mol. The Morgan fingerprint density at radius 1 is 1.26 bits per heavy atom. The molecule has 124 valence electrons. The minimum atomic E-state index is -3.60. The molecule has 3 rings (SSSR count). The number of aromatic nitrogens is 4. The Morgan fingerprint density at radius 2 is 2.00 bits per heavy atom. The summed E-state index contributed by atoms with van der Waals surface area (Å²) in [7, 11) is -3.60. The van der Waals surface area contributed by atoms with E-state index in [4.69, 9.17) is 4.74 Å². The quantitative estimate of drug-likeness (QED) is 0.811. The number of sulfonamides is 1. The van der Waals surface area contributed by atoms with Crippen LogP contribution < -0.4 is 4.74 Å². The molecule has 2 aromatic heterocycles. The molecule has 0 aliphatic carbocycles. The lowest BCUT2D eigenvalue weighted by molar-refractivity contribution is 0.197. The SMILES string of the molecule is CC(C)n1cnc(S(=O)(=O)N2CCC(Oc3ncccn3)C2)c1. The number of nitrogens with zero attached hydrogens (tertiary/aromatic N) is 5. The predicted molar refractivity (Wildman–Crippen MR) is 82.4 cm³/mol. The molecule has 1 atom stereocenters. The lowest BCUT2D eigenvalue weighted by atomic mass is 10.3. The van der Waals surface area contributed by atoms with Gasteiger partial charge in [0.25, 0.3) is 10.0 Å². The first-order valence-electron chi connectivity index (χ1n) is 7.44. The van der Waals surface area contributed by atoms with Crippen LogP contribution in [0.3, 0.4) is 0 Å². The molecule has 0 bridgehead atoms. The second-order valence-electron chi connectivity index (χ2n) is 5.68. The molecule has 0 amide bonds. The average Bonchev–Trinajstić information content (AvgIpc) is 3.18. The first-order chi connectivity index (χ1) is 11.0. The predicted octanol–water partition coefficient (Wildman–Crippen LogP) is 1.10. The highest BCUT2D eigenvalue weighted by Gasteiger charge is 2.35. The minimum Gasteiger partial charge on any atom is -0.459 e. The Labute approximate surface area is 135 Å². The van der Waals surface area contributed by atoms with Gasteiger partial charge in [-0.3, -0.25) is 0 Å². The highest BCUT2D eigenvalue weighted by molar-refractivity contribution is 7.89. The second kappa shape index (κ2) is 6.25. The van der Waals surface area contributed by atoms with Gasteiger partial charge in [-0.15, -0.1) is 0 Å². The minimum absolute atomic E-state index is 0.0720. The zero-order valence-electron chi connectivity index (χ0n) is 13.0. The topological polar surface area (TPSA) is 90.2 Å². The summed E-state index contributed by atoms with van der Waals surface area (Å²) in [4.78, 5) is 12.0. The summed E-state index contributed by atoms with van der Waals surface area (Å²) in [5.74, 6) is 0. The van der Waals surface area contributed by atoms with Crippen LogP contribution in [0.25, 0.3) is 0 Å². The van der Waals surface area contributed by atoms with Crippen molar-refractivity contribution in [2.24, 2.45) is 0 Å². The lowest BCUT2D eigenvalue weighted by Crippen LogP contribution is -2.31. The molecule has 1 fully saturated rings. The summed E-state index contributed by atoms with van der Waals surface area (Å²) >= 11 is 0. The monoisotopic (exact) mass is 337 g/mol. The fourth-order valence-corrected chi connectivity index (χ4v) is 3.78. The van der Waals surface area contributed by atoms with E-state index in [1.54, 1.807) is 35.6 Å². The van der Waals surface area contributed by atoms with Crippen molar-refractivity contribution in [3.05, 3.63) is 31.0 Å². The largest absolute Gasteiger partial charge is 0.459 e. The summed E-state index contributed by atoms with van der Waals surface area (Å²) in [5, 5.41) is 0.0720. The number of hydrogen-bond acceptors (Lipinski definition) is 6. The van der Waals surface area contributed by atoms with Gasteiger partial charge in [-0.2, -0.15) is 4.31 Å². The van der Waals surface area contributed by atoms with E-state index in [9.17, 15) is 8.42 Å². The van der Waals surface area contributed by atoms with E-state index >= 15 is 0 Å². The van der Waals surface area contributed by atoms with Gasteiger partial charge in [-0.25, -0.2) is 23.4 Å². The summed E-state index contributed by atoms with van der Waals surface area (Å²) in [6, 6.07) is 2.13. The van der Waals surface area contributed by atoms with Crippen LogP contribution in [0.4, 0.5) is 0 Å². The van der Waals surface area contributed by atoms with Gasteiger partial charge in [-0.1, -0.05) is 0 Å². The van der Waals surface area contributed by atoms with Crippen molar-refractivity contribution in [2.75, 3.05) is 13.1 Å². The molecule has 1 saturated heterocycles. The molecule has 1 aliphatic heterocycles. The van der Waals surface area contributed by atoms with Gasteiger partial charge in [0.05, 0.1) is 12.9 Å². The third kappa shape index (κ3) is 3.35. The summed E-state index contributed by atoms with van der Waals surface area (Å²) < 4.78 is 34.1. The van der Waals surface area contributed by atoms with Crippen molar-refractivity contribution < 1.29 is 13.2 Å². The van der Waals surface area contributed by atoms with Crippen molar-refractivity contribution in [3.8, 4) is 6.01 Å². The standard InChI is InChI=1S/C14H19N5O3S/c1-11(2)18-9-13(17-10-18)23(20,21)19-7-4-12(8-19)22-14-15-5-3-6-16-14/h3,5-6,9-12H,4,7-8H2,1-2H3. The van der Waals surface area contributed by atoms with Crippen molar-refractivity contribution >= 4 is 10.0 Å². The van der Waals surface area contributed by atoms with E-state index in [2.05, 4.69) is 15.0 Å². The molecular formula is C14H19N5O3S. The Hall–Kier alpha value is -2.00. The van der Waals surface area contributed by atoms with Crippen molar-refractivity contribution in [3.63, 3.8) is 0 Å². The van der Waals surface area contributed by atoms with E-state index in [1.807, 2.05) is 13.8 Å². The number of imidazole rings is 1. The Bertz CT molecular complexity index is 760. The third-order valence-corrected chi connectivity index (χ3v) is 5.45. The molecule has 8 nitrogen and oxygen atoms in total. The van der Waals surface area contributed by atoms with Crippen LogP contribution >= 0.6 is 0 Å². The molecule has 0 aromatic carbocycles. The molecular weight excluding hydrogens is 318 g/mol.